The summed E-state index contributed by atoms with van der Waals surface area (Å²) in [7, 11) is -2.00. The van der Waals surface area contributed by atoms with Crippen LogP contribution in [-0.4, -0.2) is 176 Å². The number of phosphoric acid groups is 1. The summed E-state index contributed by atoms with van der Waals surface area (Å²) in [6.07, 6.45) is -1.18. The highest BCUT2D eigenvalue weighted by Gasteiger charge is 2.39. The number of anilines is 3. The van der Waals surface area contributed by atoms with Gasteiger partial charge in [0.25, 0.3) is 11.8 Å². The molecule has 1 aromatic heterocycles. The van der Waals surface area contributed by atoms with Crippen LogP contribution in [-0.2, 0) is 44.6 Å². The Kier molecular flexibility index (Phi) is 26.9. The van der Waals surface area contributed by atoms with Crippen molar-refractivity contribution in [2.75, 3.05) is 112 Å². The van der Waals surface area contributed by atoms with Gasteiger partial charge in [-0.25, -0.2) is 18.9 Å². The number of hydrogen-bond donors (Lipinski definition) is 8. The molecule has 4 atom stereocenters. The summed E-state index contributed by atoms with van der Waals surface area (Å²) in [6, 6.07) is 25.2. The monoisotopic (exact) mass is 1430 g/mol. The number of thiol groups is 1. The van der Waals surface area contributed by atoms with Crippen LogP contribution in [0.3, 0.4) is 0 Å². The predicted octanol–water partition coefficient (Wildman–Crippen LogP) is 8.76. The number of ether oxygens (including phenoxy) is 4. The quantitative estimate of drug-likeness (QED) is 0.00825. The maximum absolute atomic E-state index is 14.7. The van der Waals surface area contributed by atoms with Gasteiger partial charge in [0.2, 0.25) is 17.7 Å². The number of thiophene rings is 1. The van der Waals surface area contributed by atoms with Crippen molar-refractivity contribution in [3.05, 3.63) is 124 Å². The molecule has 0 saturated carbocycles. The van der Waals surface area contributed by atoms with Gasteiger partial charge in [0.15, 0.2) is 5.78 Å². The molecule has 31 heteroatoms. The largest absolute Gasteiger partial charge is 0.524 e. The van der Waals surface area contributed by atoms with Crippen LogP contribution in [0.15, 0.2) is 97.1 Å². The van der Waals surface area contributed by atoms with E-state index >= 15 is 0 Å². The number of carbonyl (C=O) groups is 9. The summed E-state index contributed by atoms with van der Waals surface area (Å²) in [5, 5.41) is 13.1. The number of rotatable bonds is 33. The van der Waals surface area contributed by atoms with E-state index in [-0.39, 0.29) is 153 Å². The molecule has 0 unspecified atom stereocenters. The molecule has 0 radical (unpaired) electrons. The van der Waals surface area contributed by atoms with Gasteiger partial charge in [-0.2, -0.15) is 12.6 Å². The van der Waals surface area contributed by atoms with Crippen molar-refractivity contribution in [1.82, 2.24) is 25.8 Å². The predicted molar refractivity (Wildman–Crippen MR) is 372 cm³/mol. The van der Waals surface area contributed by atoms with Crippen LogP contribution in [0, 0.1) is 11.8 Å². The maximum Gasteiger partial charge on any atom is 0.524 e. The third-order valence-electron chi connectivity index (χ3n) is 16.3. The average molecular weight is 1440 g/mol. The molecular weight excluding hydrogens is 1360 g/mol. The lowest BCUT2D eigenvalue weighted by Gasteiger charge is -2.24. The van der Waals surface area contributed by atoms with Crippen LogP contribution in [0.25, 0.3) is 21.5 Å². The smallest absolute Gasteiger partial charge is 0.445 e. The fraction of sp³-hybridized carbons (Fsp3) is 0.409. The SMILES string of the molecule is CC(C)[C@H](NC(=O)CCOCCOCCNC(=O)CS)C(=O)C[C@@H](CCCNC(N)=O)C(=O)Nc1ccc(COC(=O)N(C)CCN(C)C(=O)Oc2cc3c(c4ccccc24)[C@H](CCl)CN3C(=O)c2ccc(C(=O)N3C[C@@H](CCl)c4c3cc(OP(=O)(O)O)c3ccccc43)s2)cc1. The molecule has 9 amide bonds. The second kappa shape index (κ2) is 34.9. The second-order valence-corrected chi connectivity index (χ2v) is 26.7. The normalized spacial score (nSPS) is 14.7. The van der Waals surface area contributed by atoms with Crippen LogP contribution < -0.4 is 46.1 Å². The molecule has 0 saturated heterocycles. The van der Waals surface area contributed by atoms with E-state index in [0.717, 1.165) is 22.5 Å². The van der Waals surface area contributed by atoms with Crippen molar-refractivity contribution in [3.8, 4) is 11.5 Å². The first-order valence-electron chi connectivity index (χ1n) is 31.2. The number of fused-ring (bicyclic) bond motifs is 6. The van der Waals surface area contributed by atoms with Crippen molar-refractivity contribution >= 4 is 147 Å². The highest BCUT2D eigenvalue weighted by molar-refractivity contribution is 7.81. The number of halogens is 2. The van der Waals surface area contributed by atoms with E-state index in [1.54, 1.807) is 97.6 Å². The molecule has 0 aliphatic carbocycles. The lowest BCUT2D eigenvalue weighted by Crippen LogP contribution is -2.45. The van der Waals surface area contributed by atoms with E-state index in [1.165, 1.54) is 34.9 Å². The Hall–Kier alpha value is -8.05. The van der Waals surface area contributed by atoms with Gasteiger partial charge in [-0.15, -0.1) is 34.5 Å². The van der Waals surface area contributed by atoms with E-state index in [2.05, 4.69) is 33.9 Å². The number of urea groups is 1. The number of likely N-dealkylation sites (N-methyl/N-ethyl adjacent to an activating group) is 2. The van der Waals surface area contributed by atoms with E-state index in [0.29, 0.717) is 57.1 Å². The minimum absolute atomic E-state index is 0.0192. The molecule has 26 nitrogen and oxygen atoms in total. The van der Waals surface area contributed by atoms with Gasteiger partial charge in [-0.05, 0) is 70.5 Å². The van der Waals surface area contributed by atoms with Crippen molar-refractivity contribution < 1.29 is 81.0 Å². The zero-order valence-electron chi connectivity index (χ0n) is 53.8. The highest BCUT2D eigenvalue weighted by atomic mass is 35.5. The zero-order chi connectivity index (χ0) is 70.1. The highest BCUT2D eigenvalue weighted by Crippen LogP contribution is 2.50. The van der Waals surface area contributed by atoms with Gasteiger partial charge in [-0.3, -0.25) is 38.6 Å². The summed E-state index contributed by atoms with van der Waals surface area (Å²) in [6.45, 7) is 5.11. The number of hydrogen-bond acceptors (Lipinski definition) is 17. The number of Topliss-reactive ketones (excluding diaryl/α,β-unsaturated/α-hetero) is 1. The first-order chi connectivity index (χ1) is 46.4. The minimum atomic E-state index is -5.01. The van der Waals surface area contributed by atoms with Gasteiger partial charge in [-0.1, -0.05) is 74.5 Å². The Bertz CT molecular complexity index is 3920. The van der Waals surface area contributed by atoms with Crippen molar-refractivity contribution in [2.45, 2.75) is 64.0 Å². The van der Waals surface area contributed by atoms with Crippen LogP contribution in [0.1, 0.15) is 87.4 Å². The number of carbonyl (C=O) groups excluding carboxylic acids is 9. The Morgan fingerprint density at radius 2 is 1.26 bits per heavy atom. The van der Waals surface area contributed by atoms with Gasteiger partial charge < -0.3 is 70.1 Å². The fourth-order valence-electron chi connectivity index (χ4n) is 11.3. The van der Waals surface area contributed by atoms with Crippen LogP contribution in [0.2, 0.25) is 0 Å². The van der Waals surface area contributed by atoms with E-state index in [1.807, 2.05) is 12.1 Å². The molecule has 2 aliphatic heterocycles. The summed E-state index contributed by atoms with van der Waals surface area (Å²) in [5.74, 6) is -3.76. The van der Waals surface area contributed by atoms with E-state index in [9.17, 15) is 57.5 Å². The number of benzene rings is 5. The van der Waals surface area contributed by atoms with Crippen LogP contribution in [0.4, 0.5) is 31.4 Å². The number of amides is 9. The Morgan fingerprint density at radius 3 is 1.80 bits per heavy atom. The van der Waals surface area contributed by atoms with Gasteiger partial charge in [0.05, 0.1) is 59.4 Å². The Balaban J connectivity index is 0.838. The molecule has 6 aromatic rings. The molecule has 97 heavy (non-hydrogen) atoms. The third-order valence-corrected chi connectivity index (χ3v) is 18.8. The molecule has 0 bridgehead atoms. The lowest BCUT2D eigenvalue weighted by atomic mass is 9.89. The summed E-state index contributed by atoms with van der Waals surface area (Å²) < 4.78 is 39.7. The third kappa shape index (κ3) is 19.8. The van der Waals surface area contributed by atoms with Crippen LogP contribution in [0.5, 0.6) is 11.5 Å². The standard InChI is InChI=1S/C66H78Cl2N9O17PS2/c1-39(2)60(73-56(79)21-26-90-28-29-91-27-23-70-57(80)38-96)51(78)30-41(10-9-22-71-64(69)84)61(81)72-44-17-15-40(16-18-44)37-92-65(85)74(3)24-25-75(4)66(86)93-52-31-49-58(47-13-7-5-11-45(47)52)42(33-67)35-76(49)62(82)54-19-20-55(97-54)63(83)77-36-43(34-68)59-48-14-8-6-12-46(48)53(32-50(59)77)94-95(87,88)89/h5-8,11-20,31-32,39,41-43,60,96H,9-10,21-30,33-38H2,1-4H3,(H,70,80)(H,72,81)(H,73,79)(H3,69,71,84)(H2,87,88,89)/t41-,42-,43-,60+/m1/s1. The van der Waals surface area contributed by atoms with E-state index in [4.69, 9.17) is 52.4 Å². The number of nitrogens with zero attached hydrogens (tertiary/aromatic N) is 4. The lowest BCUT2D eigenvalue weighted by molar-refractivity contribution is -0.131. The van der Waals surface area contributed by atoms with Gasteiger partial charge in [0.1, 0.15) is 18.1 Å². The average Bonchev–Trinajstić information content (AvgIpc) is 1.63. The molecule has 3 heterocycles. The fourth-order valence-corrected chi connectivity index (χ4v) is 13.3. The minimum Gasteiger partial charge on any atom is -0.445 e. The maximum atomic E-state index is 14.7. The van der Waals surface area contributed by atoms with Crippen LogP contribution >= 0.6 is 55.0 Å². The molecule has 0 fully saturated rings. The summed E-state index contributed by atoms with van der Waals surface area (Å²) in [5.41, 5.74) is 8.53. The topological polar surface area (TPSA) is 344 Å². The number of ketones is 1. The molecule has 8 rings (SSSR count). The summed E-state index contributed by atoms with van der Waals surface area (Å²) in [4.78, 5) is 145. The van der Waals surface area contributed by atoms with Crippen molar-refractivity contribution in [1.29, 1.82) is 0 Å². The number of nitrogens with two attached hydrogens (primary N) is 1. The molecule has 5 aromatic carbocycles. The number of alkyl halides is 2. The first kappa shape index (κ1) is 74.7. The van der Waals surface area contributed by atoms with Crippen molar-refractivity contribution in [3.63, 3.8) is 0 Å². The van der Waals surface area contributed by atoms with E-state index < -0.39 is 61.6 Å². The number of phosphoric ester groups is 1. The molecular formula is C66H78Cl2N9O17PS2. The van der Waals surface area contributed by atoms with Gasteiger partial charge in [0, 0.05) is 124 Å². The van der Waals surface area contributed by atoms with Crippen molar-refractivity contribution in [2.24, 2.45) is 17.6 Å². The first-order valence-corrected chi connectivity index (χ1v) is 35.3. The Morgan fingerprint density at radius 1 is 0.711 bits per heavy atom. The zero-order valence-corrected chi connectivity index (χ0v) is 57.9. The Labute approximate surface area is 579 Å². The molecule has 8 N–H and O–H groups in total. The number of nitrogens with one attached hydrogen (secondary N) is 4. The summed E-state index contributed by atoms with van der Waals surface area (Å²) >= 11 is 17.9. The number of primary amides is 1. The second-order valence-electron chi connectivity index (χ2n) is 23.5. The molecule has 2 aliphatic rings. The molecule has 0 spiro atoms. The molecule has 520 valence electrons. The van der Waals surface area contributed by atoms with Gasteiger partial charge >= 0.3 is 26.0 Å².